The summed E-state index contributed by atoms with van der Waals surface area (Å²) in [7, 11) is 0. The minimum atomic E-state index is -0.843. The fraction of sp³-hybridized carbons (Fsp3) is 0.571. The van der Waals surface area contributed by atoms with Crippen molar-refractivity contribution in [2.75, 3.05) is 6.54 Å². The van der Waals surface area contributed by atoms with Crippen LogP contribution in [0.1, 0.15) is 57.1 Å². The molecule has 1 aromatic carbocycles. The summed E-state index contributed by atoms with van der Waals surface area (Å²) in [6, 6.07) is 9.35. The lowest BCUT2D eigenvalue weighted by Gasteiger charge is -2.26. The standard InChI is InChI=1S/C21H28N2O4/c1-14(15-8-4-2-5-9-15)23-13-16(12-19(23)24)20(25)22-18-11-7-3-6-10-17(18)21(26)27/h2,4-5,8-9,14,16-18H,3,6-7,10-13H2,1H3,(H,22,25)(H,26,27). The molecule has 146 valence electrons. The van der Waals surface area contributed by atoms with E-state index < -0.39 is 17.8 Å². The van der Waals surface area contributed by atoms with Gasteiger partial charge in [-0.25, -0.2) is 0 Å². The number of hydrogen-bond donors (Lipinski definition) is 2. The molecule has 0 aromatic heterocycles. The number of nitrogens with zero attached hydrogens (tertiary/aromatic N) is 1. The Balaban J connectivity index is 1.64. The number of carbonyl (C=O) groups excluding carboxylic acids is 2. The van der Waals surface area contributed by atoms with Gasteiger partial charge in [0.15, 0.2) is 0 Å². The number of aliphatic carboxylic acids is 1. The SMILES string of the molecule is CC(c1ccccc1)N1CC(C(=O)NC2CCCCCC2C(=O)O)CC1=O. The van der Waals surface area contributed by atoms with Crippen molar-refractivity contribution in [2.24, 2.45) is 11.8 Å². The van der Waals surface area contributed by atoms with Crippen LogP contribution >= 0.6 is 0 Å². The Hall–Kier alpha value is -2.37. The Kier molecular flexibility index (Phi) is 6.14. The molecule has 1 aromatic rings. The fourth-order valence-electron chi connectivity index (χ4n) is 4.27. The molecule has 0 bridgehead atoms. The summed E-state index contributed by atoms with van der Waals surface area (Å²) in [5.41, 5.74) is 1.04. The molecule has 2 N–H and O–H groups in total. The van der Waals surface area contributed by atoms with Crippen LogP contribution in [0.5, 0.6) is 0 Å². The highest BCUT2D eigenvalue weighted by atomic mass is 16.4. The van der Waals surface area contributed by atoms with E-state index >= 15 is 0 Å². The molecule has 0 spiro atoms. The monoisotopic (exact) mass is 372 g/mol. The maximum atomic E-state index is 12.8. The van der Waals surface area contributed by atoms with Crippen LogP contribution in [0.4, 0.5) is 0 Å². The lowest BCUT2D eigenvalue weighted by atomic mass is 9.94. The fourth-order valence-corrected chi connectivity index (χ4v) is 4.27. The van der Waals surface area contributed by atoms with Gasteiger partial charge in [0.1, 0.15) is 0 Å². The molecule has 1 heterocycles. The van der Waals surface area contributed by atoms with E-state index in [0.717, 1.165) is 24.8 Å². The van der Waals surface area contributed by atoms with E-state index in [2.05, 4.69) is 5.32 Å². The molecule has 4 unspecified atom stereocenters. The second-order valence-electron chi connectivity index (χ2n) is 7.73. The zero-order chi connectivity index (χ0) is 19.4. The number of likely N-dealkylation sites (tertiary alicyclic amines) is 1. The molecule has 3 rings (SSSR count). The first kappa shape index (κ1) is 19.4. The van der Waals surface area contributed by atoms with Crippen molar-refractivity contribution in [2.45, 2.75) is 57.5 Å². The van der Waals surface area contributed by atoms with Crippen molar-refractivity contribution in [3.05, 3.63) is 35.9 Å². The zero-order valence-corrected chi connectivity index (χ0v) is 15.8. The number of carbonyl (C=O) groups is 3. The maximum Gasteiger partial charge on any atom is 0.308 e. The third-order valence-electron chi connectivity index (χ3n) is 5.94. The molecule has 1 saturated heterocycles. The van der Waals surface area contributed by atoms with Gasteiger partial charge in [-0.05, 0) is 25.3 Å². The number of rotatable bonds is 5. The van der Waals surface area contributed by atoms with E-state index in [4.69, 9.17) is 0 Å². The van der Waals surface area contributed by atoms with E-state index in [1.807, 2.05) is 37.3 Å². The largest absolute Gasteiger partial charge is 0.481 e. The number of nitrogens with one attached hydrogen (secondary N) is 1. The van der Waals surface area contributed by atoms with Gasteiger partial charge in [-0.1, -0.05) is 49.6 Å². The molecule has 27 heavy (non-hydrogen) atoms. The number of amides is 2. The minimum Gasteiger partial charge on any atom is -0.481 e. The molecule has 1 aliphatic heterocycles. The van der Waals surface area contributed by atoms with Crippen molar-refractivity contribution in [3.8, 4) is 0 Å². The molecule has 2 amide bonds. The average molecular weight is 372 g/mol. The van der Waals surface area contributed by atoms with Crippen LogP contribution in [-0.4, -0.2) is 40.4 Å². The van der Waals surface area contributed by atoms with Crippen molar-refractivity contribution in [1.29, 1.82) is 0 Å². The predicted octanol–water partition coefficient (Wildman–Crippen LogP) is 2.75. The van der Waals surface area contributed by atoms with E-state index in [-0.39, 0.29) is 30.3 Å². The van der Waals surface area contributed by atoms with Gasteiger partial charge in [0.05, 0.1) is 17.9 Å². The first-order valence-electron chi connectivity index (χ1n) is 9.85. The first-order chi connectivity index (χ1) is 13.0. The molecular weight excluding hydrogens is 344 g/mol. The van der Waals surface area contributed by atoms with Crippen LogP contribution in [0.15, 0.2) is 30.3 Å². The third kappa shape index (κ3) is 4.49. The highest BCUT2D eigenvalue weighted by Crippen LogP contribution is 2.29. The molecule has 6 heteroatoms. The number of benzene rings is 1. The summed E-state index contributed by atoms with van der Waals surface area (Å²) in [4.78, 5) is 38.5. The average Bonchev–Trinajstić information content (AvgIpc) is 2.90. The number of hydrogen-bond acceptors (Lipinski definition) is 3. The van der Waals surface area contributed by atoms with Gasteiger partial charge in [0.25, 0.3) is 0 Å². The van der Waals surface area contributed by atoms with Crippen molar-refractivity contribution >= 4 is 17.8 Å². The van der Waals surface area contributed by atoms with E-state index in [0.29, 0.717) is 19.4 Å². The Bertz CT molecular complexity index is 691. The van der Waals surface area contributed by atoms with Gasteiger partial charge in [0.2, 0.25) is 11.8 Å². The highest BCUT2D eigenvalue weighted by Gasteiger charge is 2.39. The summed E-state index contributed by atoms with van der Waals surface area (Å²) in [5, 5.41) is 12.4. The van der Waals surface area contributed by atoms with Crippen LogP contribution < -0.4 is 5.32 Å². The number of carboxylic acid groups (broad SMARTS) is 1. The Morgan fingerprint density at radius 3 is 2.56 bits per heavy atom. The van der Waals surface area contributed by atoms with Crippen molar-refractivity contribution < 1.29 is 19.5 Å². The summed E-state index contributed by atoms with van der Waals surface area (Å²) >= 11 is 0. The van der Waals surface area contributed by atoms with Crippen LogP contribution in [0.3, 0.4) is 0 Å². The van der Waals surface area contributed by atoms with E-state index in [1.165, 1.54) is 0 Å². The van der Waals surface area contributed by atoms with E-state index in [9.17, 15) is 19.5 Å². The van der Waals surface area contributed by atoms with Gasteiger partial charge >= 0.3 is 5.97 Å². The van der Waals surface area contributed by atoms with Gasteiger partial charge in [-0.15, -0.1) is 0 Å². The van der Waals surface area contributed by atoms with Crippen LogP contribution in [-0.2, 0) is 14.4 Å². The summed E-state index contributed by atoms with van der Waals surface area (Å²) < 4.78 is 0. The van der Waals surface area contributed by atoms with E-state index in [1.54, 1.807) is 4.90 Å². The smallest absolute Gasteiger partial charge is 0.308 e. The van der Waals surface area contributed by atoms with Crippen LogP contribution in [0, 0.1) is 11.8 Å². The maximum absolute atomic E-state index is 12.8. The molecule has 2 fully saturated rings. The minimum absolute atomic E-state index is 0.0258. The highest BCUT2D eigenvalue weighted by molar-refractivity contribution is 5.89. The van der Waals surface area contributed by atoms with Gasteiger partial charge in [-0.2, -0.15) is 0 Å². The molecule has 1 saturated carbocycles. The molecule has 1 aliphatic carbocycles. The topological polar surface area (TPSA) is 86.7 Å². The molecule has 0 radical (unpaired) electrons. The molecule has 6 nitrogen and oxygen atoms in total. The lowest BCUT2D eigenvalue weighted by molar-refractivity contribution is -0.143. The van der Waals surface area contributed by atoms with Crippen LogP contribution in [0.2, 0.25) is 0 Å². The molecular formula is C21H28N2O4. The van der Waals surface area contributed by atoms with Gasteiger partial charge < -0.3 is 15.3 Å². The molecule has 4 atom stereocenters. The first-order valence-corrected chi connectivity index (χ1v) is 9.85. The second-order valence-corrected chi connectivity index (χ2v) is 7.73. The van der Waals surface area contributed by atoms with Crippen molar-refractivity contribution in [1.82, 2.24) is 10.2 Å². The van der Waals surface area contributed by atoms with Crippen LogP contribution in [0.25, 0.3) is 0 Å². The lowest BCUT2D eigenvalue weighted by Crippen LogP contribution is -2.45. The summed E-state index contributed by atoms with van der Waals surface area (Å²) in [5.74, 6) is -2.01. The van der Waals surface area contributed by atoms with Gasteiger partial charge in [-0.3, -0.25) is 14.4 Å². The summed E-state index contributed by atoms with van der Waals surface area (Å²) in [6.07, 6.45) is 4.28. The normalized spacial score (nSPS) is 27.1. The van der Waals surface area contributed by atoms with Crippen molar-refractivity contribution in [3.63, 3.8) is 0 Å². The predicted molar refractivity (Wildman–Crippen MR) is 101 cm³/mol. The quantitative estimate of drug-likeness (QED) is 0.778. The van der Waals surface area contributed by atoms with Gasteiger partial charge in [0, 0.05) is 19.0 Å². The second kappa shape index (κ2) is 8.55. The zero-order valence-electron chi connectivity index (χ0n) is 15.8. The Morgan fingerprint density at radius 2 is 1.85 bits per heavy atom. The molecule has 2 aliphatic rings. The third-order valence-corrected chi connectivity index (χ3v) is 5.94. The Labute approximate surface area is 159 Å². The summed E-state index contributed by atoms with van der Waals surface area (Å²) in [6.45, 7) is 2.35. The number of carboxylic acids is 1. The Morgan fingerprint density at radius 1 is 1.15 bits per heavy atom.